The zero-order chi connectivity index (χ0) is 15.4. The van der Waals surface area contributed by atoms with Gasteiger partial charge in [-0.2, -0.15) is 0 Å². The molecule has 0 saturated heterocycles. The van der Waals surface area contributed by atoms with E-state index in [2.05, 4.69) is 5.32 Å². The maximum absolute atomic E-state index is 12.3. The van der Waals surface area contributed by atoms with E-state index in [1.807, 2.05) is 0 Å². The third kappa shape index (κ3) is 3.60. The first-order chi connectivity index (χ1) is 10.0. The Kier molecular flexibility index (Phi) is 4.94. The van der Waals surface area contributed by atoms with E-state index in [9.17, 15) is 4.79 Å². The van der Waals surface area contributed by atoms with Crippen molar-refractivity contribution in [3.05, 3.63) is 52.0 Å². The Morgan fingerprint density at radius 1 is 1.05 bits per heavy atom. The summed E-state index contributed by atoms with van der Waals surface area (Å²) >= 11 is 11.9. The number of carbonyl (C=O) groups excluding carboxylic acids is 1. The second kappa shape index (κ2) is 6.70. The highest BCUT2D eigenvalue weighted by molar-refractivity contribution is 6.36. The van der Waals surface area contributed by atoms with E-state index in [0.717, 1.165) is 0 Å². The third-order valence-electron chi connectivity index (χ3n) is 2.83. The summed E-state index contributed by atoms with van der Waals surface area (Å²) in [6.07, 6.45) is 0. The van der Waals surface area contributed by atoms with Gasteiger partial charge in [0.1, 0.15) is 11.5 Å². The number of amides is 1. The van der Waals surface area contributed by atoms with Gasteiger partial charge in [0.2, 0.25) is 0 Å². The Labute approximate surface area is 132 Å². The SMILES string of the molecule is COc1ccc(NC(=O)c2cc(Cl)ccc2Cl)c(OC)c1. The summed E-state index contributed by atoms with van der Waals surface area (Å²) in [6, 6.07) is 9.79. The minimum Gasteiger partial charge on any atom is -0.497 e. The molecule has 6 heteroatoms. The normalized spacial score (nSPS) is 10.1. The van der Waals surface area contributed by atoms with Gasteiger partial charge >= 0.3 is 0 Å². The number of methoxy groups -OCH3 is 2. The fourth-order valence-corrected chi connectivity index (χ4v) is 2.14. The Hall–Kier alpha value is -1.91. The summed E-state index contributed by atoms with van der Waals surface area (Å²) in [5.41, 5.74) is 0.807. The van der Waals surface area contributed by atoms with Crippen LogP contribution in [-0.4, -0.2) is 20.1 Å². The topological polar surface area (TPSA) is 47.6 Å². The quantitative estimate of drug-likeness (QED) is 0.913. The summed E-state index contributed by atoms with van der Waals surface area (Å²) in [6.45, 7) is 0. The molecule has 21 heavy (non-hydrogen) atoms. The van der Waals surface area contributed by atoms with Crippen molar-refractivity contribution in [1.29, 1.82) is 0 Å². The van der Waals surface area contributed by atoms with Crippen LogP contribution in [0.1, 0.15) is 10.4 Å². The first-order valence-corrected chi connectivity index (χ1v) is 6.79. The molecule has 0 atom stereocenters. The van der Waals surface area contributed by atoms with Crippen LogP contribution >= 0.6 is 23.2 Å². The predicted octanol–water partition coefficient (Wildman–Crippen LogP) is 4.26. The largest absolute Gasteiger partial charge is 0.497 e. The predicted molar refractivity (Wildman–Crippen MR) is 84.0 cm³/mol. The molecule has 0 fully saturated rings. The zero-order valence-corrected chi connectivity index (χ0v) is 13.0. The molecule has 110 valence electrons. The third-order valence-corrected chi connectivity index (χ3v) is 3.39. The van der Waals surface area contributed by atoms with E-state index < -0.39 is 0 Å². The molecule has 0 aliphatic rings. The van der Waals surface area contributed by atoms with Crippen LogP contribution in [-0.2, 0) is 0 Å². The number of benzene rings is 2. The van der Waals surface area contributed by atoms with Crippen molar-refractivity contribution in [2.24, 2.45) is 0 Å². The zero-order valence-electron chi connectivity index (χ0n) is 11.4. The van der Waals surface area contributed by atoms with Gasteiger partial charge in [-0.15, -0.1) is 0 Å². The number of hydrogen-bond acceptors (Lipinski definition) is 3. The fourth-order valence-electron chi connectivity index (χ4n) is 1.76. The van der Waals surface area contributed by atoms with Crippen LogP contribution in [0.2, 0.25) is 10.0 Å². The van der Waals surface area contributed by atoms with Gasteiger partial charge in [0, 0.05) is 11.1 Å². The molecule has 0 aromatic heterocycles. The van der Waals surface area contributed by atoms with Gasteiger partial charge in [0.25, 0.3) is 5.91 Å². The number of carbonyl (C=O) groups is 1. The van der Waals surface area contributed by atoms with Crippen molar-refractivity contribution >= 4 is 34.8 Å². The lowest BCUT2D eigenvalue weighted by molar-refractivity contribution is 0.102. The van der Waals surface area contributed by atoms with Crippen LogP contribution in [0.15, 0.2) is 36.4 Å². The van der Waals surface area contributed by atoms with Gasteiger partial charge in [0.15, 0.2) is 0 Å². The van der Waals surface area contributed by atoms with Crippen molar-refractivity contribution in [1.82, 2.24) is 0 Å². The molecule has 0 saturated carbocycles. The Balaban J connectivity index is 2.29. The Bertz CT molecular complexity index is 674. The second-order valence-electron chi connectivity index (χ2n) is 4.14. The summed E-state index contributed by atoms with van der Waals surface area (Å²) < 4.78 is 10.3. The highest BCUT2D eigenvalue weighted by Gasteiger charge is 2.14. The minimum atomic E-state index is -0.369. The van der Waals surface area contributed by atoms with Gasteiger partial charge in [-0.3, -0.25) is 4.79 Å². The lowest BCUT2D eigenvalue weighted by Crippen LogP contribution is -2.13. The number of nitrogens with one attached hydrogen (secondary N) is 1. The lowest BCUT2D eigenvalue weighted by atomic mass is 10.2. The molecule has 0 bridgehead atoms. The number of halogens is 2. The van der Waals surface area contributed by atoms with Crippen molar-refractivity contribution < 1.29 is 14.3 Å². The van der Waals surface area contributed by atoms with E-state index in [4.69, 9.17) is 32.7 Å². The second-order valence-corrected chi connectivity index (χ2v) is 4.99. The Morgan fingerprint density at radius 2 is 1.81 bits per heavy atom. The smallest absolute Gasteiger partial charge is 0.257 e. The number of rotatable bonds is 4. The first kappa shape index (κ1) is 15.5. The number of hydrogen-bond donors (Lipinski definition) is 1. The van der Waals surface area contributed by atoms with Crippen LogP contribution in [0.5, 0.6) is 11.5 Å². The first-order valence-electron chi connectivity index (χ1n) is 6.03. The highest BCUT2D eigenvalue weighted by atomic mass is 35.5. The van der Waals surface area contributed by atoms with Gasteiger partial charge in [-0.25, -0.2) is 0 Å². The lowest BCUT2D eigenvalue weighted by Gasteiger charge is -2.12. The molecule has 1 N–H and O–H groups in total. The molecule has 0 aliphatic heterocycles. The van der Waals surface area contributed by atoms with Crippen LogP contribution < -0.4 is 14.8 Å². The molecular weight excluding hydrogens is 313 g/mol. The summed E-state index contributed by atoms with van der Waals surface area (Å²) in [5, 5.41) is 3.49. The van der Waals surface area contributed by atoms with Gasteiger partial charge in [-0.1, -0.05) is 23.2 Å². The van der Waals surface area contributed by atoms with Gasteiger partial charge in [-0.05, 0) is 30.3 Å². The van der Waals surface area contributed by atoms with E-state index in [1.165, 1.54) is 13.2 Å². The summed E-state index contributed by atoms with van der Waals surface area (Å²) in [5.74, 6) is 0.748. The Morgan fingerprint density at radius 3 is 2.48 bits per heavy atom. The number of ether oxygens (including phenoxy) is 2. The molecule has 4 nitrogen and oxygen atoms in total. The van der Waals surface area contributed by atoms with Crippen molar-refractivity contribution in [3.8, 4) is 11.5 Å². The molecule has 0 radical (unpaired) electrons. The molecule has 2 rings (SSSR count). The molecule has 0 spiro atoms. The molecule has 1 amide bonds. The van der Waals surface area contributed by atoms with E-state index in [0.29, 0.717) is 32.8 Å². The van der Waals surface area contributed by atoms with Crippen molar-refractivity contribution in [2.45, 2.75) is 0 Å². The molecule has 0 unspecified atom stereocenters. The maximum atomic E-state index is 12.3. The van der Waals surface area contributed by atoms with Crippen LogP contribution in [0.4, 0.5) is 5.69 Å². The van der Waals surface area contributed by atoms with Gasteiger partial charge < -0.3 is 14.8 Å². The number of anilines is 1. The molecule has 2 aromatic carbocycles. The minimum absolute atomic E-state index is 0.294. The standard InChI is InChI=1S/C15H13Cl2NO3/c1-20-10-4-6-13(14(8-10)21-2)18-15(19)11-7-9(16)3-5-12(11)17/h3-8H,1-2H3,(H,18,19). The summed E-state index contributed by atoms with van der Waals surface area (Å²) in [4.78, 5) is 12.3. The van der Waals surface area contributed by atoms with E-state index in [1.54, 1.807) is 37.4 Å². The molecule has 2 aromatic rings. The molecule has 0 heterocycles. The van der Waals surface area contributed by atoms with E-state index in [-0.39, 0.29) is 5.91 Å². The molecule has 0 aliphatic carbocycles. The van der Waals surface area contributed by atoms with Crippen molar-refractivity contribution in [2.75, 3.05) is 19.5 Å². The highest BCUT2D eigenvalue weighted by Crippen LogP contribution is 2.30. The maximum Gasteiger partial charge on any atom is 0.257 e. The monoisotopic (exact) mass is 325 g/mol. The van der Waals surface area contributed by atoms with E-state index >= 15 is 0 Å². The van der Waals surface area contributed by atoms with Crippen LogP contribution in [0.3, 0.4) is 0 Å². The van der Waals surface area contributed by atoms with Crippen molar-refractivity contribution in [3.63, 3.8) is 0 Å². The van der Waals surface area contributed by atoms with Crippen LogP contribution in [0.25, 0.3) is 0 Å². The van der Waals surface area contributed by atoms with Crippen LogP contribution in [0, 0.1) is 0 Å². The van der Waals surface area contributed by atoms with Gasteiger partial charge in [0.05, 0.1) is 30.5 Å². The molecular formula is C15H13Cl2NO3. The average Bonchev–Trinajstić information content (AvgIpc) is 2.49. The summed E-state index contributed by atoms with van der Waals surface area (Å²) in [7, 11) is 3.07. The fraction of sp³-hybridized carbons (Fsp3) is 0.133. The average molecular weight is 326 g/mol.